The van der Waals surface area contributed by atoms with Crippen molar-refractivity contribution in [2.75, 3.05) is 24.6 Å². The molecular formula is C52H90N2O18S4. The summed E-state index contributed by atoms with van der Waals surface area (Å²) in [6.45, 7) is 13.4. The summed E-state index contributed by atoms with van der Waals surface area (Å²) in [6, 6.07) is 0. The van der Waals surface area contributed by atoms with Crippen molar-refractivity contribution in [3.8, 4) is 0 Å². The molecule has 2 amide bonds. The standard InChI is InChI=1S/C26H45NO12S3.C26H45NO6S/c1-16(4-7-23(28)27-12-13-40(29,30)31)19-5-6-20-24-21(9-11-26(19,20)3)25(2)10-8-18(38-41(32,33)34)14-17(25)15-22(24)39-42(35,36)37;1-16(4-7-23(30)27-12-13-34(31,32)33)19-5-6-20-24-21(9-11-26(19,20)3)25(2)10-8-18(28)14-17(25)15-22(24)29/h16-22,24H,4-15H2,1-3H3,(H,27,28)(H,29,30,31)(H,32,33,34)(H,35,36,37);16-22,24,28-29H,4-15H2,1-3H3,(H,27,30)(H,31,32,33)/t16-,17?,18-,19-,20+,21+,22-,24+,25+,26-;16-,17?,18-,19-,20?,21?,22-,24?,25+,26-/m11/s1. The third-order valence-electron chi connectivity index (χ3n) is 22.3. The zero-order valence-corrected chi connectivity index (χ0v) is 48.7. The quantitative estimate of drug-likeness (QED) is 0.0684. The average molecular weight is 1160 g/mol. The van der Waals surface area contributed by atoms with E-state index < -0.39 is 64.7 Å². The molecule has 440 valence electrons. The highest BCUT2D eigenvalue weighted by atomic mass is 32.3. The van der Waals surface area contributed by atoms with E-state index in [0.717, 1.165) is 77.0 Å². The Morgan fingerprint density at radius 1 is 0.526 bits per heavy atom. The lowest BCUT2D eigenvalue weighted by Gasteiger charge is -2.62. The number of hydrogen-bond acceptors (Lipinski definition) is 14. The predicted octanol–water partition coefficient (Wildman–Crippen LogP) is 6.45. The van der Waals surface area contributed by atoms with E-state index >= 15 is 0 Å². The van der Waals surface area contributed by atoms with E-state index in [4.69, 9.17) is 17.5 Å². The van der Waals surface area contributed by atoms with Crippen molar-refractivity contribution in [3.05, 3.63) is 0 Å². The number of aliphatic hydroxyl groups is 2. The first-order valence-corrected chi connectivity index (χ1v) is 34.1. The maximum atomic E-state index is 12.3. The summed E-state index contributed by atoms with van der Waals surface area (Å²) in [6.07, 6.45) is 13.4. The fourth-order valence-electron chi connectivity index (χ4n) is 18.8. The van der Waals surface area contributed by atoms with Crippen LogP contribution in [0.1, 0.15) is 170 Å². The fraction of sp³-hybridized carbons (Fsp3) is 0.962. The summed E-state index contributed by atoms with van der Waals surface area (Å²) < 4.78 is 137. The molecule has 8 rings (SSSR count). The smallest absolute Gasteiger partial charge is 0.393 e. The second-order valence-corrected chi connectivity index (χ2v) is 31.4. The third-order valence-corrected chi connectivity index (χ3v) is 24.8. The highest BCUT2D eigenvalue weighted by Crippen LogP contribution is 2.70. The summed E-state index contributed by atoms with van der Waals surface area (Å²) in [5.41, 5.74) is 0.0556. The molecule has 0 radical (unpaired) electrons. The van der Waals surface area contributed by atoms with Gasteiger partial charge in [-0.3, -0.25) is 27.8 Å². The summed E-state index contributed by atoms with van der Waals surface area (Å²) in [5.74, 6) is 1.68. The number of carbonyl (C=O) groups is 2. The van der Waals surface area contributed by atoms with E-state index in [2.05, 4.69) is 52.2 Å². The van der Waals surface area contributed by atoms with Crippen LogP contribution in [-0.4, -0.2) is 123 Å². The fourth-order valence-corrected chi connectivity index (χ4v) is 20.5. The van der Waals surface area contributed by atoms with E-state index in [9.17, 15) is 62.6 Å². The molecule has 0 aromatic carbocycles. The molecule has 0 aromatic rings. The van der Waals surface area contributed by atoms with Crippen LogP contribution in [0.15, 0.2) is 0 Å². The Kier molecular flexibility index (Phi) is 19.1. The van der Waals surface area contributed by atoms with Gasteiger partial charge in [0.25, 0.3) is 20.2 Å². The SMILES string of the molecule is C[C@H](CCC(=O)NCCS(=O)(=O)O)[C@H]1CCC2C3C(CC[C@@]21C)[C@@]1(C)CC[C@@H](O)CC1C[C@H]3O.C[C@H](CCC(=O)NCCS(=O)(=O)O)[C@H]1CC[C@H]2[C@@H]3[C@H](OS(=O)(=O)O)CC4C[C@H](OS(=O)(=O)O)CC[C@]4(C)[C@H]3CC[C@]12C. The Bertz CT molecular complexity index is 2540. The summed E-state index contributed by atoms with van der Waals surface area (Å²) in [5, 5.41) is 26.7. The first-order chi connectivity index (χ1) is 35.1. The van der Waals surface area contributed by atoms with Crippen LogP contribution in [0.2, 0.25) is 0 Å². The van der Waals surface area contributed by atoms with E-state index in [-0.39, 0.29) is 101 Å². The van der Waals surface area contributed by atoms with Crippen LogP contribution < -0.4 is 10.6 Å². The Hall–Kier alpha value is -1.58. The molecule has 76 heavy (non-hydrogen) atoms. The lowest BCUT2D eigenvalue weighted by Crippen LogP contribution is -2.59. The minimum absolute atomic E-state index is 0.0625. The Balaban J connectivity index is 0.000000226. The normalized spacial score (nSPS) is 42.0. The molecule has 5 unspecified atom stereocenters. The number of hydrogen-bond donors (Lipinski definition) is 8. The average Bonchev–Trinajstić information content (AvgIpc) is 3.83. The highest BCUT2D eigenvalue weighted by Gasteiger charge is 2.65. The summed E-state index contributed by atoms with van der Waals surface area (Å²) in [7, 11) is -17.6. The van der Waals surface area contributed by atoms with Crippen LogP contribution in [0.25, 0.3) is 0 Å². The van der Waals surface area contributed by atoms with Crippen molar-refractivity contribution in [1.29, 1.82) is 0 Å². The largest absolute Gasteiger partial charge is 0.397 e. The minimum atomic E-state index is -4.75. The van der Waals surface area contributed by atoms with Gasteiger partial charge in [-0.15, -0.1) is 0 Å². The molecule has 0 heterocycles. The molecule has 24 heteroatoms. The molecule has 8 aliphatic rings. The lowest BCUT2D eigenvalue weighted by molar-refractivity contribution is -0.174. The van der Waals surface area contributed by atoms with Gasteiger partial charge in [0.1, 0.15) is 0 Å². The van der Waals surface area contributed by atoms with Gasteiger partial charge < -0.3 is 20.8 Å². The highest BCUT2D eigenvalue weighted by molar-refractivity contribution is 7.86. The van der Waals surface area contributed by atoms with Gasteiger partial charge in [0.05, 0.1) is 35.9 Å². The number of aliphatic hydroxyl groups excluding tert-OH is 2. The molecule has 8 fully saturated rings. The van der Waals surface area contributed by atoms with Crippen molar-refractivity contribution in [3.63, 3.8) is 0 Å². The molecule has 20 nitrogen and oxygen atoms in total. The van der Waals surface area contributed by atoms with Gasteiger partial charge in [0.15, 0.2) is 0 Å². The van der Waals surface area contributed by atoms with Gasteiger partial charge in [-0.2, -0.15) is 33.7 Å². The first-order valence-electron chi connectivity index (χ1n) is 28.2. The summed E-state index contributed by atoms with van der Waals surface area (Å²) >= 11 is 0. The summed E-state index contributed by atoms with van der Waals surface area (Å²) in [4.78, 5) is 24.5. The van der Waals surface area contributed by atoms with Crippen molar-refractivity contribution in [2.45, 2.75) is 194 Å². The third kappa shape index (κ3) is 14.0. The minimum Gasteiger partial charge on any atom is -0.393 e. The van der Waals surface area contributed by atoms with Gasteiger partial charge in [-0.05, 0) is 208 Å². The number of carbonyl (C=O) groups excluding carboxylic acids is 2. The van der Waals surface area contributed by atoms with Crippen LogP contribution in [0.3, 0.4) is 0 Å². The van der Waals surface area contributed by atoms with Crippen molar-refractivity contribution in [1.82, 2.24) is 10.6 Å². The molecule has 0 aromatic heterocycles. The van der Waals surface area contributed by atoms with Gasteiger partial charge in [0, 0.05) is 25.9 Å². The van der Waals surface area contributed by atoms with E-state index in [1.54, 1.807) is 0 Å². The molecule has 8 aliphatic carbocycles. The maximum Gasteiger partial charge on any atom is 0.397 e. The molecule has 0 saturated heterocycles. The topological polar surface area (TPSA) is 335 Å². The maximum absolute atomic E-state index is 12.3. The molecular weight excluding hydrogens is 1070 g/mol. The Labute approximate surface area is 452 Å². The monoisotopic (exact) mass is 1160 g/mol. The second-order valence-electron chi connectivity index (χ2n) is 26.2. The number of fused-ring (bicyclic) bond motifs is 10. The molecule has 8 saturated carbocycles. The zero-order valence-electron chi connectivity index (χ0n) is 45.4. The van der Waals surface area contributed by atoms with E-state index in [1.807, 2.05) is 0 Å². The van der Waals surface area contributed by atoms with Crippen molar-refractivity contribution in [2.24, 2.45) is 92.7 Å². The van der Waals surface area contributed by atoms with Crippen LogP contribution in [-0.2, 0) is 59.0 Å². The van der Waals surface area contributed by atoms with Gasteiger partial charge >= 0.3 is 20.8 Å². The molecule has 0 bridgehead atoms. The Morgan fingerprint density at radius 3 is 1.42 bits per heavy atom. The zero-order chi connectivity index (χ0) is 56.2. The van der Waals surface area contributed by atoms with Gasteiger partial charge in [-0.1, -0.05) is 41.5 Å². The number of rotatable bonds is 18. The molecule has 0 aliphatic heterocycles. The number of amides is 2. The molecule has 20 atom stereocenters. The van der Waals surface area contributed by atoms with E-state index in [1.165, 1.54) is 6.42 Å². The first kappa shape index (κ1) is 62.0. The lowest BCUT2D eigenvalue weighted by atomic mass is 9.43. The number of nitrogens with one attached hydrogen (secondary N) is 2. The molecule has 0 spiro atoms. The van der Waals surface area contributed by atoms with Crippen molar-refractivity contribution >= 4 is 52.8 Å². The van der Waals surface area contributed by atoms with E-state index in [0.29, 0.717) is 74.0 Å². The van der Waals surface area contributed by atoms with Crippen LogP contribution >= 0.6 is 0 Å². The van der Waals surface area contributed by atoms with Gasteiger partial charge in [-0.25, -0.2) is 8.37 Å². The molecule has 8 N–H and O–H groups in total. The van der Waals surface area contributed by atoms with Crippen LogP contribution in [0.4, 0.5) is 0 Å². The van der Waals surface area contributed by atoms with Crippen LogP contribution in [0, 0.1) is 92.7 Å². The predicted molar refractivity (Wildman–Crippen MR) is 282 cm³/mol. The van der Waals surface area contributed by atoms with Crippen LogP contribution in [0.5, 0.6) is 0 Å². The van der Waals surface area contributed by atoms with Gasteiger partial charge in [0.2, 0.25) is 11.8 Å². The van der Waals surface area contributed by atoms with Crippen molar-refractivity contribution < 1.29 is 80.1 Å². The Morgan fingerprint density at radius 2 is 0.947 bits per heavy atom. The second kappa shape index (κ2) is 23.3.